The predicted octanol–water partition coefficient (Wildman–Crippen LogP) is 3.45. The molecule has 3 heteroatoms. The van der Waals surface area contributed by atoms with Crippen LogP contribution in [0.15, 0.2) is 48.5 Å². The Balaban J connectivity index is 1.86. The van der Waals surface area contributed by atoms with E-state index >= 15 is 0 Å². The minimum absolute atomic E-state index is 0.266. The zero-order valence-electron chi connectivity index (χ0n) is 12.1. The summed E-state index contributed by atoms with van der Waals surface area (Å²) in [6.07, 6.45) is 1.37. The highest BCUT2D eigenvalue weighted by atomic mass is 16.5. The number of aliphatic hydroxyl groups excluding tert-OH is 1. The van der Waals surface area contributed by atoms with E-state index in [9.17, 15) is 5.11 Å². The average Bonchev–Trinajstić information content (AvgIpc) is 2.52. The maximum absolute atomic E-state index is 9.27. The zero-order valence-corrected chi connectivity index (χ0v) is 12.1. The van der Waals surface area contributed by atoms with E-state index in [1.165, 1.54) is 5.56 Å². The van der Waals surface area contributed by atoms with E-state index in [-0.39, 0.29) is 6.10 Å². The lowest BCUT2D eigenvalue weighted by atomic mass is 10.1. The van der Waals surface area contributed by atoms with E-state index in [4.69, 9.17) is 10.00 Å². The summed E-state index contributed by atoms with van der Waals surface area (Å²) in [4.78, 5) is 0. The highest BCUT2D eigenvalue weighted by Gasteiger charge is 2.00. The summed E-state index contributed by atoms with van der Waals surface area (Å²) in [5.41, 5.74) is 2.88. The molecule has 0 fully saturated rings. The second-order valence-corrected chi connectivity index (χ2v) is 5.13. The number of ether oxygens (including phenoxy) is 1. The molecule has 1 atom stereocenters. The molecule has 0 bridgehead atoms. The highest BCUT2D eigenvalue weighted by molar-refractivity contribution is 5.32. The summed E-state index contributed by atoms with van der Waals surface area (Å²) in [5.74, 6) is 0.820. The molecule has 0 saturated carbocycles. The Morgan fingerprint density at radius 1 is 1.05 bits per heavy atom. The second kappa shape index (κ2) is 7.47. The van der Waals surface area contributed by atoms with Crippen LogP contribution in [-0.2, 0) is 13.0 Å². The summed E-state index contributed by atoms with van der Waals surface area (Å²) in [6.45, 7) is 2.29. The molecule has 21 heavy (non-hydrogen) atoms. The molecule has 0 amide bonds. The van der Waals surface area contributed by atoms with Crippen molar-refractivity contribution < 1.29 is 9.84 Å². The van der Waals surface area contributed by atoms with Crippen molar-refractivity contribution in [2.24, 2.45) is 0 Å². The van der Waals surface area contributed by atoms with Crippen molar-refractivity contribution in [1.29, 1.82) is 5.26 Å². The van der Waals surface area contributed by atoms with Gasteiger partial charge < -0.3 is 9.84 Å². The molecule has 3 nitrogen and oxygen atoms in total. The molecule has 0 spiro atoms. The molecule has 0 radical (unpaired) electrons. The first-order valence-electron chi connectivity index (χ1n) is 7.06. The van der Waals surface area contributed by atoms with Crippen molar-refractivity contribution in [3.05, 3.63) is 65.2 Å². The lowest BCUT2D eigenvalue weighted by Crippen LogP contribution is -2.01. The number of hydrogen-bond acceptors (Lipinski definition) is 3. The Hall–Kier alpha value is -2.31. The Kier molecular flexibility index (Phi) is 5.36. The molecule has 0 aliphatic rings. The van der Waals surface area contributed by atoms with Gasteiger partial charge in [-0.2, -0.15) is 5.26 Å². The number of hydrogen-bond donors (Lipinski definition) is 1. The first kappa shape index (κ1) is 15.1. The van der Waals surface area contributed by atoms with Gasteiger partial charge in [0.1, 0.15) is 12.4 Å². The molecule has 0 saturated heterocycles. The van der Waals surface area contributed by atoms with Gasteiger partial charge in [-0.1, -0.05) is 24.3 Å². The average molecular weight is 281 g/mol. The molecule has 0 aromatic heterocycles. The van der Waals surface area contributed by atoms with Crippen molar-refractivity contribution in [2.75, 3.05) is 0 Å². The number of benzene rings is 2. The van der Waals surface area contributed by atoms with E-state index in [2.05, 4.69) is 6.07 Å². The van der Waals surface area contributed by atoms with E-state index in [1.54, 1.807) is 19.1 Å². The van der Waals surface area contributed by atoms with Gasteiger partial charge in [0.05, 0.1) is 17.7 Å². The van der Waals surface area contributed by atoms with Crippen LogP contribution in [-0.4, -0.2) is 11.2 Å². The van der Waals surface area contributed by atoms with Crippen LogP contribution >= 0.6 is 0 Å². The van der Waals surface area contributed by atoms with E-state index in [0.29, 0.717) is 12.2 Å². The van der Waals surface area contributed by atoms with E-state index in [1.807, 2.05) is 36.4 Å². The summed E-state index contributed by atoms with van der Waals surface area (Å²) in [6, 6.07) is 17.4. The van der Waals surface area contributed by atoms with Crippen molar-refractivity contribution in [3.63, 3.8) is 0 Å². The van der Waals surface area contributed by atoms with Gasteiger partial charge in [0, 0.05) is 0 Å². The molecule has 2 aromatic carbocycles. The predicted molar refractivity (Wildman–Crippen MR) is 81.9 cm³/mol. The Morgan fingerprint density at radius 2 is 1.67 bits per heavy atom. The fraction of sp³-hybridized carbons (Fsp3) is 0.278. The van der Waals surface area contributed by atoms with Crippen LogP contribution in [0.4, 0.5) is 0 Å². The topological polar surface area (TPSA) is 53.2 Å². The van der Waals surface area contributed by atoms with Gasteiger partial charge in [-0.15, -0.1) is 0 Å². The van der Waals surface area contributed by atoms with Gasteiger partial charge in [0.25, 0.3) is 0 Å². The van der Waals surface area contributed by atoms with Gasteiger partial charge in [-0.3, -0.25) is 0 Å². The summed E-state index contributed by atoms with van der Waals surface area (Å²) < 4.78 is 5.71. The summed E-state index contributed by atoms with van der Waals surface area (Å²) in [5, 5.41) is 18.0. The molecular formula is C18H19NO2. The van der Waals surface area contributed by atoms with Crippen LogP contribution in [0.1, 0.15) is 30.0 Å². The fourth-order valence-corrected chi connectivity index (χ4v) is 1.97. The smallest absolute Gasteiger partial charge is 0.119 e. The van der Waals surface area contributed by atoms with Crippen LogP contribution in [0.3, 0.4) is 0 Å². The maximum Gasteiger partial charge on any atom is 0.119 e. The number of nitrogens with zero attached hydrogens (tertiary/aromatic N) is 1. The van der Waals surface area contributed by atoms with Gasteiger partial charge in [0.2, 0.25) is 0 Å². The number of aryl methyl sites for hydroxylation is 1. The molecule has 2 rings (SSSR count). The number of aliphatic hydroxyl groups is 1. The first-order chi connectivity index (χ1) is 10.2. The zero-order chi connectivity index (χ0) is 15.1. The maximum atomic E-state index is 9.27. The van der Waals surface area contributed by atoms with E-state index in [0.717, 1.165) is 24.2 Å². The molecule has 2 aromatic rings. The second-order valence-electron chi connectivity index (χ2n) is 5.13. The number of rotatable bonds is 6. The van der Waals surface area contributed by atoms with Crippen LogP contribution in [0.5, 0.6) is 5.75 Å². The fourth-order valence-electron chi connectivity index (χ4n) is 1.97. The Bertz CT molecular complexity index is 595. The van der Waals surface area contributed by atoms with Crippen LogP contribution in [0.2, 0.25) is 0 Å². The van der Waals surface area contributed by atoms with Gasteiger partial charge in [-0.05, 0) is 55.2 Å². The van der Waals surface area contributed by atoms with Gasteiger partial charge in [-0.25, -0.2) is 0 Å². The lowest BCUT2D eigenvalue weighted by Gasteiger charge is -2.08. The third-order valence-corrected chi connectivity index (χ3v) is 3.26. The van der Waals surface area contributed by atoms with Crippen LogP contribution in [0.25, 0.3) is 0 Å². The van der Waals surface area contributed by atoms with Crippen molar-refractivity contribution in [3.8, 4) is 11.8 Å². The number of nitriles is 1. The third kappa shape index (κ3) is 4.94. The monoisotopic (exact) mass is 281 g/mol. The van der Waals surface area contributed by atoms with Crippen molar-refractivity contribution >= 4 is 0 Å². The molecule has 0 heterocycles. The first-order valence-corrected chi connectivity index (χ1v) is 7.06. The molecule has 0 aliphatic heterocycles. The standard InChI is InChI=1S/C18H19NO2/c1-14(20)2-3-15-8-10-18(11-9-15)21-13-17-6-4-16(12-19)5-7-17/h4-11,14,20H,2-3,13H2,1H3. The molecule has 1 unspecified atom stereocenters. The van der Waals surface area contributed by atoms with Crippen molar-refractivity contribution in [2.45, 2.75) is 32.5 Å². The van der Waals surface area contributed by atoms with Crippen molar-refractivity contribution in [1.82, 2.24) is 0 Å². The quantitative estimate of drug-likeness (QED) is 0.882. The summed E-state index contributed by atoms with van der Waals surface area (Å²) >= 11 is 0. The SMILES string of the molecule is CC(O)CCc1ccc(OCc2ccc(C#N)cc2)cc1. The normalized spacial score (nSPS) is 11.7. The van der Waals surface area contributed by atoms with Gasteiger partial charge >= 0.3 is 0 Å². The van der Waals surface area contributed by atoms with Gasteiger partial charge in [0.15, 0.2) is 0 Å². The Labute approximate surface area is 125 Å². The lowest BCUT2D eigenvalue weighted by molar-refractivity contribution is 0.185. The van der Waals surface area contributed by atoms with Crippen LogP contribution in [0, 0.1) is 11.3 Å². The Morgan fingerprint density at radius 3 is 2.24 bits per heavy atom. The summed E-state index contributed by atoms with van der Waals surface area (Å²) in [7, 11) is 0. The minimum Gasteiger partial charge on any atom is -0.489 e. The van der Waals surface area contributed by atoms with E-state index < -0.39 is 0 Å². The third-order valence-electron chi connectivity index (χ3n) is 3.26. The largest absolute Gasteiger partial charge is 0.489 e. The minimum atomic E-state index is -0.266. The molecule has 108 valence electrons. The van der Waals surface area contributed by atoms with Crippen LogP contribution < -0.4 is 4.74 Å². The molecule has 1 N–H and O–H groups in total. The molecular weight excluding hydrogens is 262 g/mol. The highest BCUT2D eigenvalue weighted by Crippen LogP contribution is 2.16. The molecule has 0 aliphatic carbocycles.